The summed E-state index contributed by atoms with van der Waals surface area (Å²) in [6.07, 6.45) is -2.93. The average molecular weight is 270 g/mol. The molecule has 1 unspecified atom stereocenters. The Kier molecular flexibility index (Phi) is 3.45. The molecule has 0 amide bonds. The van der Waals surface area contributed by atoms with Crippen molar-refractivity contribution in [3.05, 3.63) is 35.4 Å². The lowest BCUT2D eigenvalue weighted by molar-refractivity contribution is -0.146. The monoisotopic (exact) mass is 270 g/mol. The zero-order chi connectivity index (χ0) is 14.3. The topological polar surface area (TPSA) is 17.1 Å². The van der Waals surface area contributed by atoms with E-state index >= 15 is 0 Å². The third-order valence-electron chi connectivity index (χ3n) is 4.52. The van der Waals surface area contributed by atoms with Gasteiger partial charge in [-0.25, -0.2) is 0 Å². The molecule has 2 rings (SSSR count). The van der Waals surface area contributed by atoms with Crippen molar-refractivity contribution in [2.45, 2.75) is 45.2 Å². The Balaban J connectivity index is 2.47. The van der Waals surface area contributed by atoms with Crippen molar-refractivity contribution >= 4 is 5.78 Å². The number of ketones is 1. The standard InChI is InChI=1S/C15H17F3O/c1-3-14(4-2)12(9-13(14)19)10-7-5-6-8-11(10)15(16,17)18/h5-8,12H,3-4,9H2,1-2H3. The number of hydrogen-bond donors (Lipinski definition) is 0. The van der Waals surface area contributed by atoms with Crippen molar-refractivity contribution in [1.29, 1.82) is 0 Å². The fourth-order valence-electron chi connectivity index (χ4n) is 3.25. The quantitative estimate of drug-likeness (QED) is 0.786. The summed E-state index contributed by atoms with van der Waals surface area (Å²) in [5.41, 5.74) is -0.918. The largest absolute Gasteiger partial charge is 0.416 e. The Morgan fingerprint density at radius 1 is 1.21 bits per heavy atom. The second kappa shape index (κ2) is 4.66. The van der Waals surface area contributed by atoms with Gasteiger partial charge >= 0.3 is 6.18 Å². The molecule has 104 valence electrons. The summed E-state index contributed by atoms with van der Waals surface area (Å²) < 4.78 is 39.1. The Morgan fingerprint density at radius 2 is 1.79 bits per heavy atom. The highest BCUT2D eigenvalue weighted by Gasteiger charge is 2.54. The number of carbonyl (C=O) groups excluding carboxylic acids is 1. The minimum atomic E-state index is -4.36. The maximum absolute atomic E-state index is 13.0. The number of hydrogen-bond acceptors (Lipinski definition) is 1. The zero-order valence-electron chi connectivity index (χ0n) is 11.1. The van der Waals surface area contributed by atoms with Gasteiger partial charge in [0.15, 0.2) is 0 Å². The van der Waals surface area contributed by atoms with Crippen molar-refractivity contribution < 1.29 is 18.0 Å². The maximum atomic E-state index is 13.0. The molecule has 0 radical (unpaired) electrons. The highest BCUT2D eigenvalue weighted by molar-refractivity contribution is 5.93. The van der Waals surface area contributed by atoms with E-state index in [1.807, 2.05) is 13.8 Å². The molecule has 1 saturated carbocycles. The van der Waals surface area contributed by atoms with Gasteiger partial charge in [0.25, 0.3) is 0 Å². The third-order valence-corrected chi connectivity index (χ3v) is 4.52. The van der Waals surface area contributed by atoms with Crippen molar-refractivity contribution in [3.63, 3.8) is 0 Å². The van der Waals surface area contributed by atoms with Crippen LogP contribution in [0.1, 0.15) is 50.2 Å². The van der Waals surface area contributed by atoms with Crippen LogP contribution in [0, 0.1) is 5.41 Å². The highest BCUT2D eigenvalue weighted by Crippen LogP contribution is 2.56. The maximum Gasteiger partial charge on any atom is 0.416 e. The van der Waals surface area contributed by atoms with Crippen LogP contribution in [0.15, 0.2) is 24.3 Å². The van der Waals surface area contributed by atoms with Crippen LogP contribution < -0.4 is 0 Å². The Labute approximate surface area is 110 Å². The van der Waals surface area contributed by atoms with Crippen LogP contribution in [0.4, 0.5) is 13.2 Å². The molecule has 1 atom stereocenters. The van der Waals surface area contributed by atoms with Gasteiger partial charge in [-0.15, -0.1) is 0 Å². The summed E-state index contributed by atoms with van der Waals surface area (Å²) in [7, 11) is 0. The molecule has 1 aromatic carbocycles. The van der Waals surface area contributed by atoms with E-state index in [2.05, 4.69) is 0 Å². The molecule has 0 N–H and O–H groups in total. The Morgan fingerprint density at radius 3 is 2.26 bits per heavy atom. The molecule has 0 bridgehead atoms. The number of carbonyl (C=O) groups is 1. The summed E-state index contributed by atoms with van der Waals surface area (Å²) >= 11 is 0. The lowest BCUT2D eigenvalue weighted by Crippen LogP contribution is -2.48. The minimum absolute atomic E-state index is 0.0967. The summed E-state index contributed by atoms with van der Waals surface area (Å²) in [6.45, 7) is 3.76. The average Bonchev–Trinajstić information content (AvgIpc) is 2.36. The van der Waals surface area contributed by atoms with Crippen LogP contribution in [-0.4, -0.2) is 5.78 Å². The van der Waals surface area contributed by atoms with Crippen molar-refractivity contribution in [3.8, 4) is 0 Å². The number of rotatable bonds is 3. The van der Waals surface area contributed by atoms with Gasteiger partial charge < -0.3 is 0 Å². The Hall–Kier alpha value is -1.32. The molecule has 0 spiro atoms. The Bertz CT molecular complexity index is 486. The van der Waals surface area contributed by atoms with Crippen LogP contribution in [0.2, 0.25) is 0 Å². The summed E-state index contributed by atoms with van der Waals surface area (Å²) in [6, 6.07) is 5.63. The minimum Gasteiger partial charge on any atom is -0.299 e. The van der Waals surface area contributed by atoms with Gasteiger partial charge in [0, 0.05) is 17.8 Å². The van der Waals surface area contributed by atoms with Crippen LogP contribution in [0.5, 0.6) is 0 Å². The van der Waals surface area contributed by atoms with E-state index in [0.29, 0.717) is 12.8 Å². The molecule has 0 aliphatic heterocycles. The van der Waals surface area contributed by atoms with Crippen LogP contribution in [0.3, 0.4) is 0 Å². The van der Waals surface area contributed by atoms with Gasteiger partial charge in [-0.1, -0.05) is 32.0 Å². The summed E-state index contributed by atoms with van der Waals surface area (Å²) in [5.74, 6) is -0.202. The summed E-state index contributed by atoms with van der Waals surface area (Å²) in [5, 5.41) is 0. The zero-order valence-corrected chi connectivity index (χ0v) is 11.1. The van der Waals surface area contributed by atoms with E-state index in [0.717, 1.165) is 6.07 Å². The smallest absolute Gasteiger partial charge is 0.299 e. The van der Waals surface area contributed by atoms with Crippen LogP contribution >= 0.6 is 0 Å². The second-order valence-electron chi connectivity index (χ2n) is 5.13. The first-order chi connectivity index (χ1) is 8.86. The fraction of sp³-hybridized carbons (Fsp3) is 0.533. The van der Waals surface area contributed by atoms with Crippen LogP contribution in [0.25, 0.3) is 0 Å². The molecule has 1 aliphatic rings. The normalized spacial score (nSPS) is 22.2. The van der Waals surface area contributed by atoms with Gasteiger partial charge in [-0.3, -0.25) is 4.79 Å². The molecule has 1 aliphatic carbocycles. The van der Waals surface area contributed by atoms with Crippen molar-refractivity contribution in [1.82, 2.24) is 0 Å². The second-order valence-corrected chi connectivity index (χ2v) is 5.13. The lowest BCUT2D eigenvalue weighted by atomic mass is 9.53. The van der Waals surface area contributed by atoms with E-state index in [9.17, 15) is 18.0 Å². The summed E-state index contributed by atoms with van der Waals surface area (Å²) in [4.78, 5) is 11.9. The van der Waals surface area contributed by atoms with Gasteiger partial charge in [0.2, 0.25) is 0 Å². The molecule has 0 saturated heterocycles. The first-order valence-corrected chi connectivity index (χ1v) is 6.56. The first-order valence-electron chi connectivity index (χ1n) is 6.56. The molecule has 1 nitrogen and oxygen atoms in total. The predicted octanol–water partition coefficient (Wildman–Crippen LogP) is 4.57. The van der Waals surface area contributed by atoms with E-state index in [1.54, 1.807) is 6.07 Å². The molecular weight excluding hydrogens is 253 g/mol. The van der Waals surface area contributed by atoms with E-state index in [-0.39, 0.29) is 23.7 Å². The number of benzene rings is 1. The van der Waals surface area contributed by atoms with Crippen molar-refractivity contribution in [2.75, 3.05) is 0 Å². The first kappa shape index (κ1) is 14.1. The molecule has 1 fully saturated rings. The van der Waals surface area contributed by atoms with E-state index < -0.39 is 17.2 Å². The molecule has 1 aromatic rings. The van der Waals surface area contributed by atoms with Crippen LogP contribution in [-0.2, 0) is 11.0 Å². The van der Waals surface area contributed by atoms with Gasteiger partial charge in [0.1, 0.15) is 5.78 Å². The lowest BCUT2D eigenvalue weighted by Gasteiger charge is -2.48. The third kappa shape index (κ3) is 2.07. The van der Waals surface area contributed by atoms with E-state index in [1.165, 1.54) is 12.1 Å². The van der Waals surface area contributed by atoms with Gasteiger partial charge in [-0.05, 0) is 24.5 Å². The van der Waals surface area contributed by atoms with Gasteiger partial charge in [-0.2, -0.15) is 13.2 Å². The molecular formula is C15H17F3O. The SMILES string of the molecule is CCC1(CC)C(=O)CC1c1ccccc1C(F)(F)F. The molecule has 19 heavy (non-hydrogen) atoms. The van der Waals surface area contributed by atoms with Crippen molar-refractivity contribution in [2.24, 2.45) is 5.41 Å². The van der Waals surface area contributed by atoms with E-state index in [4.69, 9.17) is 0 Å². The molecule has 0 heterocycles. The molecule has 0 aromatic heterocycles. The predicted molar refractivity (Wildman–Crippen MR) is 66.8 cm³/mol. The van der Waals surface area contributed by atoms with Gasteiger partial charge in [0.05, 0.1) is 5.56 Å². The molecule has 4 heteroatoms. The fourth-order valence-corrected chi connectivity index (χ4v) is 3.25. The number of halogens is 3. The number of alkyl halides is 3. The highest BCUT2D eigenvalue weighted by atomic mass is 19.4. The number of Topliss-reactive ketones (excluding diaryl/α,β-unsaturated/α-hetero) is 1.